The molecule has 5 heteroatoms. The highest BCUT2D eigenvalue weighted by Crippen LogP contribution is 2.24. The van der Waals surface area contributed by atoms with E-state index in [-0.39, 0.29) is 13.2 Å². The summed E-state index contributed by atoms with van der Waals surface area (Å²) >= 11 is 0. The Morgan fingerprint density at radius 3 is 2.04 bits per heavy atom. The normalized spacial score (nSPS) is 12.2. The van der Waals surface area contributed by atoms with Gasteiger partial charge in [0.25, 0.3) is 0 Å². The molecular formula is C19H23NO4. The van der Waals surface area contributed by atoms with Gasteiger partial charge < -0.3 is 25.1 Å². The molecule has 0 bridgehead atoms. The fraction of sp³-hybridized carbons (Fsp3) is 0.263. The second-order valence-corrected chi connectivity index (χ2v) is 5.25. The third-order valence-electron chi connectivity index (χ3n) is 3.44. The van der Waals surface area contributed by atoms with Gasteiger partial charge in [0.2, 0.25) is 0 Å². The van der Waals surface area contributed by atoms with Gasteiger partial charge in [0.1, 0.15) is 30.0 Å². The third-order valence-corrected chi connectivity index (χ3v) is 3.44. The summed E-state index contributed by atoms with van der Waals surface area (Å²) in [5.41, 5.74) is 7.35. The summed E-state index contributed by atoms with van der Waals surface area (Å²) < 4.78 is 16.0. The highest BCUT2D eigenvalue weighted by atomic mass is 16.5. The molecule has 2 rings (SSSR count). The van der Waals surface area contributed by atoms with Gasteiger partial charge in [0.05, 0.1) is 14.2 Å². The van der Waals surface area contributed by atoms with Gasteiger partial charge in [-0.3, -0.25) is 0 Å². The van der Waals surface area contributed by atoms with E-state index < -0.39 is 6.10 Å². The van der Waals surface area contributed by atoms with Crippen molar-refractivity contribution >= 4 is 12.2 Å². The van der Waals surface area contributed by atoms with Gasteiger partial charge in [0, 0.05) is 12.6 Å². The SMILES string of the molecule is COc1cc(/C=C/c2ccc(OCC(O)CN)cc2)cc(OC)c1. The summed E-state index contributed by atoms with van der Waals surface area (Å²) in [6.45, 7) is 0.375. The summed E-state index contributed by atoms with van der Waals surface area (Å²) in [5.74, 6) is 2.19. The summed E-state index contributed by atoms with van der Waals surface area (Å²) in [5, 5.41) is 9.39. The summed E-state index contributed by atoms with van der Waals surface area (Å²) in [7, 11) is 3.26. The molecule has 0 amide bonds. The third kappa shape index (κ3) is 5.30. The number of aliphatic hydroxyl groups excluding tert-OH is 1. The van der Waals surface area contributed by atoms with Crippen LogP contribution in [0.3, 0.4) is 0 Å². The van der Waals surface area contributed by atoms with E-state index in [0.717, 1.165) is 22.6 Å². The Balaban J connectivity index is 2.04. The molecule has 0 saturated carbocycles. The largest absolute Gasteiger partial charge is 0.497 e. The Hall–Kier alpha value is -2.50. The molecule has 0 spiro atoms. The molecule has 0 aliphatic carbocycles. The van der Waals surface area contributed by atoms with E-state index in [0.29, 0.717) is 5.75 Å². The summed E-state index contributed by atoms with van der Waals surface area (Å²) in [4.78, 5) is 0. The number of methoxy groups -OCH3 is 2. The van der Waals surface area contributed by atoms with Gasteiger partial charge >= 0.3 is 0 Å². The number of aliphatic hydroxyl groups is 1. The molecule has 0 fully saturated rings. The van der Waals surface area contributed by atoms with Gasteiger partial charge in [-0.1, -0.05) is 24.3 Å². The van der Waals surface area contributed by atoms with Crippen LogP contribution in [0.4, 0.5) is 0 Å². The van der Waals surface area contributed by atoms with Gasteiger partial charge in [-0.05, 0) is 35.4 Å². The van der Waals surface area contributed by atoms with Crippen molar-refractivity contribution in [3.8, 4) is 17.2 Å². The van der Waals surface area contributed by atoms with Crippen LogP contribution in [0.25, 0.3) is 12.2 Å². The zero-order valence-electron chi connectivity index (χ0n) is 13.9. The van der Waals surface area contributed by atoms with Gasteiger partial charge in [-0.15, -0.1) is 0 Å². The molecule has 0 aromatic heterocycles. The van der Waals surface area contributed by atoms with Crippen molar-refractivity contribution in [2.45, 2.75) is 6.10 Å². The van der Waals surface area contributed by atoms with Crippen molar-refractivity contribution in [1.82, 2.24) is 0 Å². The quantitative estimate of drug-likeness (QED) is 0.728. The molecular weight excluding hydrogens is 306 g/mol. The highest BCUT2D eigenvalue weighted by molar-refractivity contribution is 5.71. The van der Waals surface area contributed by atoms with Crippen LogP contribution in [-0.4, -0.2) is 38.6 Å². The van der Waals surface area contributed by atoms with Crippen molar-refractivity contribution in [3.63, 3.8) is 0 Å². The first-order valence-corrected chi connectivity index (χ1v) is 7.66. The Morgan fingerprint density at radius 2 is 1.50 bits per heavy atom. The Kier molecular flexibility index (Phi) is 6.66. The molecule has 1 atom stereocenters. The monoisotopic (exact) mass is 329 g/mol. The van der Waals surface area contributed by atoms with Crippen molar-refractivity contribution in [2.75, 3.05) is 27.4 Å². The van der Waals surface area contributed by atoms with E-state index >= 15 is 0 Å². The molecule has 24 heavy (non-hydrogen) atoms. The first-order valence-electron chi connectivity index (χ1n) is 7.66. The lowest BCUT2D eigenvalue weighted by atomic mass is 10.1. The topological polar surface area (TPSA) is 73.9 Å². The zero-order chi connectivity index (χ0) is 17.4. The Labute approximate surface area is 142 Å². The maximum Gasteiger partial charge on any atom is 0.123 e. The molecule has 0 aliphatic rings. The average Bonchev–Trinajstić information content (AvgIpc) is 2.64. The minimum atomic E-state index is -0.646. The van der Waals surface area contributed by atoms with E-state index in [4.69, 9.17) is 19.9 Å². The summed E-state index contributed by atoms with van der Waals surface area (Å²) in [6, 6.07) is 13.3. The van der Waals surface area contributed by atoms with Gasteiger partial charge in [-0.25, -0.2) is 0 Å². The van der Waals surface area contributed by atoms with Crippen molar-refractivity contribution in [3.05, 3.63) is 53.6 Å². The maximum atomic E-state index is 9.39. The van der Waals surface area contributed by atoms with Crippen LogP contribution in [0.1, 0.15) is 11.1 Å². The number of ether oxygens (including phenoxy) is 3. The lowest BCUT2D eigenvalue weighted by Crippen LogP contribution is -2.26. The number of hydrogen-bond donors (Lipinski definition) is 2. The molecule has 0 radical (unpaired) electrons. The van der Waals surface area contributed by atoms with E-state index in [9.17, 15) is 5.11 Å². The molecule has 1 unspecified atom stereocenters. The lowest BCUT2D eigenvalue weighted by Gasteiger charge is -2.10. The molecule has 0 saturated heterocycles. The first-order chi connectivity index (χ1) is 11.6. The van der Waals surface area contributed by atoms with Gasteiger partial charge in [-0.2, -0.15) is 0 Å². The van der Waals surface area contributed by atoms with E-state index in [1.165, 1.54) is 0 Å². The molecule has 0 aliphatic heterocycles. The number of benzene rings is 2. The van der Waals surface area contributed by atoms with Crippen molar-refractivity contribution < 1.29 is 19.3 Å². The zero-order valence-corrected chi connectivity index (χ0v) is 13.9. The van der Waals surface area contributed by atoms with Crippen LogP contribution in [0.5, 0.6) is 17.2 Å². The van der Waals surface area contributed by atoms with E-state index in [1.54, 1.807) is 14.2 Å². The van der Waals surface area contributed by atoms with E-state index in [2.05, 4.69) is 0 Å². The predicted octanol–water partition coefficient (Wildman–Crippen LogP) is 2.57. The fourth-order valence-corrected chi connectivity index (χ4v) is 2.05. The standard InChI is InChI=1S/C19H23NO4/c1-22-18-9-15(10-19(11-18)23-2)4-3-14-5-7-17(8-6-14)24-13-16(21)12-20/h3-11,16,21H,12-13,20H2,1-2H3/b4-3+. The average molecular weight is 329 g/mol. The predicted molar refractivity (Wildman–Crippen MR) is 95.5 cm³/mol. The second kappa shape index (κ2) is 8.96. The van der Waals surface area contributed by atoms with Gasteiger partial charge in [0.15, 0.2) is 0 Å². The summed E-state index contributed by atoms with van der Waals surface area (Å²) in [6.07, 6.45) is 3.33. The molecule has 5 nitrogen and oxygen atoms in total. The van der Waals surface area contributed by atoms with Crippen molar-refractivity contribution in [1.29, 1.82) is 0 Å². The van der Waals surface area contributed by atoms with Crippen LogP contribution in [0.15, 0.2) is 42.5 Å². The molecule has 0 heterocycles. The minimum absolute atomic E-state index is 0.185. The smallest absolute Gasteiger partial charge is 0.123 e. The van der Waals surface area contributed by atoms with Crippen LogP contribution in [-0.2, 0) is 0 Å². The first kappa shape index (κ1) is 17.8. The Morgan fingerprint density at radius 1 is 0.917 bits per heavy atom. The number of nitrogens with two attached hydrogens (primary N) is 1. The Bertz CT molecular complexity index is 645. The molecule has 2 aromatic rings. The molecule has 128 valence electrons. The van der Waals surface area contributed by atoms with Crippen LogP contribution < -0.4 is 19.9 Å². The number of hydrogen-bond acceptors (Lipinski definition) is 5. The van der Waals surface area contributed by atoms with Crippen LogP contribution in [0, 0.1) is 0 Å². The van der Waals surface area contributed by atoms with Crippen molar-refractivity contribution in [2.24, 2.45) is 5.73 Å². The van der Waals surface area contributed by atoms with Crippen LogP contribution >= 0.6 is 0 Å². The maximum absolute atomic E-state index is 9.39. The number of rotatable bonds is 8. The minimum Gasteiger partial charge on any atom is -0.497 e. The molecule has 3 N–H and O–H groups in total. The fourth-order valence-electron chi connectivity index (χ4n) is 2.05. The molecule has 2 aromatic carbocycles. The van der Waals surface area contributed by atoms with E-state index in [1.807, 2.05) is 54.6 Å². The highest BCUT2D eigenvalue weighted by Gasteiger charge is 2.02. The lowest BCUT2D eigenvalue weighted by molar-refractivity contribution is 0.114. The second-order valence-electron chi connectivity index (χ2n) is 5.25. The van der Waals surface area contributed by atoms with Crippen LogP contribution in [0.2, 0.25) is 0 Å².